The fourth-order valence-corrected chi connectivity index (χ4v) is 1.98. The highest BCUT2D eigenvalue weighted by Gasteiger charge is 2.24. The minimum absolute atomic E-state index is 0.800. The summed E-state index contributed by atoms with van der Waals surface area (Å²) in [6.45, 7) is 7.47. The highest BCUT2D eigenvalue weighted by atomic mass is 15.1. The number of terminal acetylenes is 1. The summed E-state index contributed by atoms with van der Waals surface area (Å²) >= 11 is 0. The van der Waals surface area contributed by atoms with Gasteiger partial charge in [0.05, 0.1) is 6.54 Å². The number of hydrogen-bond donors (Lipinski definition) is 1. The highest BCUT2D eigenvalue weighted by Crippen LogP contribution is 2.29. The van der Waals surface area contributed by atoms with Crippen LogP contribution in [0.2, 0.25) is 0 Å². The molecule has 2 fully saturated rings. The summed E-state index contributed by atoms with van der Waals surface area (Å²) in [5, 5.41) is 3.28. The molecule has 1 N–H and O–H groups in total. The zero-order valence-electron chi connectivity index (χ0n) is 9.55. The molecule has 1 saturated heterocycles. The zero-order valence-corrected chi connectivity index (χ0v) is 9.55. The average Bonchev–Trinajstić information content (AvgIpc) is 2.84. The average molecular weight is 204 g/mol. The molecule has 2 aliphatic rings. The Morgan fingerprint density at radius 3 is 2.73 bits per heavy atom. The lowest BCUT2D eigenvalue weighted by molar-refractivity contribution is 0.316. The molecule has 15 heavy (non-hydrogen) atoms. The van der Waals surface area contributed by atoms with Crippen molar-refractivity contribution in [1.29, 1.82) is 0 Å². The molecule has 0 radical (unpaired) electrons. The summed E-state index contributed by atoms with van der Waals surface area (Å²) in [6, 6.07) is 0. The van der Waals surface area contributed by atoms with Gasteiger partial charge in [-0.2, -0.15) is 0 Å². The Labute approximate surface area is 92.7 Å². The minimum atomic E-state index is 0.800. The number of nitrogens with one attached hydrogen (secondary N) is 1. The van der Waals surface area contributed by atoms with Crippen LogP contribution in [-0.4, -0.2) is 37.6 Å². The third-order valence-electron chi connectivity index (χ3n) is 3.27. The Balaban J connectivity index is 1.84. The monoisotopic (exact) mass is 204 g/mol. The molecule has 0 aromatic carbocycles. The van der Waals surface area contributed by atoms with Crippen molar-refractivity contribution < 1.29 is 0 Å². The fraction of sp³-hybridized carbons (Fsp3) is 0.692. The van der Waals surface area contributed by atoms with E-state index in [4.69, 9.17) is 6.42 Å². The van der Waals surface area contributed by atoms with Gasteiger partial charge in [-0.25, -0.2) is 0 Å². The minimum Gasteiger partial charge on any atom is -0.309 e. The molecule has 2 heteroatoms. The van der Waals surface area contributed by atoms with E-state index in [-0.39, 0.29) is 0 Å². The van der Waals surface area contributed by atoms with Gasteiger partial charge < -0.3 is 5.32 Å². The van der Waals surface area contributed by atoms with Crippen LogP contribution in [0.15, 0.2) is 11.1 Å². The van der Waals surface area contributed by atoms with Gasteiger partial charge in [-0.15, -0.1) is 6.42 Å². The van der Waals surface area contributed by atoms with Gasteiger partial charge in [0, 0.05) is 26.2 Å². The Kier molecular flexibility index (Phi) is 3.45. The second-order valence-corrected chi connectivity index (χ2v) is 4.80. The van der Waals surface area contributed by atoms with E-state index in [0.29, 0.717) is 0 Å². The smallest absolute Gasteiger partial charge is 0.0601 e. The molecule has 0 atom stereocenters. The van der Waals surface area contributed by atoms with Crippen molar-refractivity contribution >= 4 is 0 Å². The van der Waals surface area contributed by atoms with Crippen LogP contribution in [0.4, 0.5) is 0 Å². The third kappa shape index (κ3) is 3.09. The van der Waals surface area contributed by atoms with E-state index in [0.717, 1.165) is 32.1 Å². The van der Waals surface area contributed by atoms with Crippen molar-refractivity contribution in [3.63, 3.8) is 0 Å². The van der Waals surface area contributed by atoms with Crippen LogP contribution >= 0.6 is 0 Å². The van der Waals surface area contributed by atoms with Crippen LogP contribution < -0.4 is 5.32 Å². The van der Waals surface area contributed by atoms with E-state index in [2.05, 4.69) is 23.1 Å². The number of hydrogen-bond acceptors (Lipinski definition) is 2. The van der Waals surface area contributed by atoms with Crippen LogP contribution in [0.1, 0.15) is 19.8 Å². The Hall–Kier alpha value is -0.780. The standard InChI is InChI=1S/C13H20N2/c1-3-6-15(10-12-4-5-12)9-11(2)13-7-14-8-13/h1,12,14H,4-10H2,2H3. The van der Waals surface area contributed by atoms with E-state index in [1.807, 2.05) is 0 Å². The van der Waals surface area contributed by atoms with Crippen LogP contribution in [0.5, 0.6) is 0 Å². The molecule has 0 bridgehead atoms. The first-order chi connectivity index (χ1) is 7.29. The molecule has 2 nitrogen and oxygen atoms in total. The fourth-order valence-electron chi connectivity index (χ4n) is 1.98. The lowest BCUT2D eigenvalue weighted by Gasteiger charge is -2.26. The first kappa shape index (κ1) is 10.7. The van der Waals surface area contributed by atoms with Crippen molar-refractivity contribution in [2.45, 2.75) is 19.8 Å². The SMILES string of the molecule is C#CCN(CC(C)=C1CNC1)CC1CC1. The predicted molar refractivity (Wildman–Crippen MR) is 63.6 cm³/mol. The normalized spacial score (nSPS) is 19.9. The molecule has 0 unspecified atom stereocenters. The summed E-state index contributed by atoms with van der Waals surface area (Å²) in [6.07, 6.45) is 8.21. The topological polar surface area (TPSA) is 15.3 Å². The Bertz CT molecular complexity index is 288. The largest absolute Gasteiger partial charge is 0.309 e. The van der Waals surface area contributed by atoms with Crippen LogP contribution in [0, 0.1) is 18.3 Å². The van der Waals surface area contributed by atoms with Gasteiger partial charge in [-0.1, -0.05) is 11.5 Å². The Morgan fingerprint density at radius 2 is 2.27 bits per heavy atom. The lowest BCUT2D eigenvalue weighted by Crippen LogP contribution is -2.37. The molecule has 1 saturated carbocycles. The number of rotatable bonds is 5. The summed E-state index contributed by atoms with van der Waals surface area (Å²) in [7, 11) is 0. The van der Waals surface area contributed by atoms with E-state index in [1.165, 1.54) is 25.0 Å². The molecule has 0 spiro atoms. The maximum Gasteiger partial charge on any atom is 0.0601 e. The van der Waals surface area contributed by atoms with E-state index in [9.17, 15) is 0 Å². The summed E-state index contributed by atoms with van der Waals surface area (Å²) < 4.78 is 0. The molecule has 0 aromatic heterocycles. The first-order valence-corrected chi connectivity index (χ1v) is 5.83. The second kappa shape index (κ2) is 4.83. The molecular formula is C13H20N2. The van der Waals surface area contributed by atoms with E-state index < -0.39 is 0 Å². The molecule has 0 amide bonds. The maximum atomic E-state index is 5.40. The molecule has 2 rings (SSSR count). The van der Waals surface area contributed by atoms with Crippen molar-refractivity contribution in [3.05, 3.63) is 11.1 Å². The molecule has 0 aromatic rings. The van der Waals surface area contributed by atoms with Gasteiger partial charge in [0.25, 0.3) is 0 Å². The first-order valence-electron chi connectivity index (χ1n) is 5.83. The molecule has 1 aliphatic heterocycles. The van der Waals surface area contributed by atoms with Crippen molar-refractivity contribution in [2.75, 3.05) is 32.7 Å². The Morgan fingerprint density at radius 1 is 1.53 bits per heavy atom. The summed E-state index contributed by atoms with van der Waals surface area (Å²) in [5.74, 6) is 3.70. The van der Waals surface area contributed by atoms with Crippen LogP contribution in [-0.2, 0) is 0 Å². The predicted octanol–water partition coefficient (Wildman–Crippen LogP) is 1.25. The van der Waals surface area contributed by atoms with Crippen LogP contribution in [0.25, 0.3) is 0 Å². The molecular weight excluding hydrogens is 184 g/mol. The second-order valence-electron chi connectivity index (χ2n) is 4.80. The van der Waals surface area contributed by atoms with E-state index >= 15 is 0 Å². The molecule has 82 valence electrons. The van der Waals surface area contributed by atoms with Crippen LogP contribution in [0.3, 0.4) is 0 Å². The molecule has 1 heterocycles. The van der Waals surface area contributed by atoms with Crippen molar-refractivity contribution in [2.24, 2.45) is 5.92 Å². The van der Waals surface area contributed by atoms with Gasteiger partial charge in [0.15, 0.2) is 0 Å². The van der Waals surface area contributed by atoms with Gasteiger partial charge in [-0.05, 0) is 31.3 Å². The summed E-state index contributed by atoms with van der Waals surface area (Å²) in [4.78, 5) is 2.42. The highest BCUT2D eigenvalue weighted by molar-refractivity contribution is 5.22. The van der Waals surface area contributed by atoms with Gasteiger partial charge in [0.1, 0.15) is 0 Å². The van der Waals surface area contributed by atoms with Crippen molar-refractivity contribution in [1.82, 2.24) is 10.2 Å². The molecule has 1 aliphatic carbocycles. The quantitative estimate of drug-likeness (QED) is 0.535. The lowest BCUT2D eigenvalue weighted by atomic mass is 10.0. The van der Waals surface area contributed by atoms with Gasteiger partial charge in [0.2, 0.25) is 0 Å². The van der Waals surface area contributed by atoms with Gasteiger partial charge >= 0.3 is 0 Å². The summed E-state index contributed by atoms with van der Waals surface area (Å²) in [5.41, 5.74) is 3.09. The van der Waals surface area contributed by atoms with E-state index in [1.54, 1.807) is 5.57 Å². The van der Waals surface area contributed by atoms with Gasteiger partial charge in [-0.3, -0.25) is 4.90 Å². The van der Waals surface area contributed by atoms with Crippen molar-refractivity contribution in [3.8, 4) is 12.3 Å². The maximum absolute atomic E-state index is 5.40. The zero-order chi connectivity index (χ0) is 10.7. The third-order valence-corrected chi connectivity index (χ3v) is 3.27. The number of nitrogens with zero attached hydrogens (tertiary/aromatic N) is 1.